The standard InChI is InChI=1S/C10H17F3N2O2/c11-10(12,13)7-17-6-5-15-9(16)8-3-1-2-4-14-8/h8,14H,1-7H2,(H,15,16). The van der Waals surface area contributed by atoms with Gasteiger partial charge in [0.1, 0.15) is 6.61 Å². The van der Waals surface area contributed by atoms with Gasteiger partial charge in [-0.15, -0.1) is 0 Å². The minimum Gasteiger partial charge on any atom is -0.370 e. The molecule has 1 heterocycles. The van der Waals surface area contributed by atoms with E-state index in [2.05, 4.69) is 15.4 Å². The van der Waals surface area contributed by atoms with E-state index < -0.39 is 12.8 Å². The number of carbonyl (C=O) groups excluding carboxylic acids is 1. The van der Waals surface area contributed by atoms with E-state index >= 15 is 0 Å². The molecular formula is C10H17F3N2O2. The maximum Gasteiger partial charge on any atom is 0.411 e. The summed E-state index contributed by atoms with van der Waals surface area (Å²) in [4.78, 5) is 11.5. The van der Waals surface area contributed by atoms with Gasteiger partial charge in [-0.3, -0.25) is 4.79 Å². The van der Waals surface area contributed by atoms with Gasteiger partial charge in [-0.1, -0.05) is 6.42 Å². The summed E-state index contributed by atoms with van der Waals surface area (Å²) in [5.41, 5.74) is 0. The average Bonchev–Trinajstić information content (AvgIpc) is 2.28. The molecule has 0 saturated carbocycles. The molecule has 2 N–H and O–H groups in total. The summed E-state index contributed by atoms with van der Waals surface area (Å²) in [5, 5.41) is 5.60. The quantitative estimate of drug-likeness (QED) is 0.714. The minimum absolute atomic E-state index is 0.104. The fourth-order valence-electron chi connectivity index (χ4n) is 1.63. The third-order valence-electron chi connectivity index (χ3n) is 2.44. The van der Waals surface area contributed by atoms with E-state index in [4.69, 9.17) is 0 Å². The first-order chi connectivity index (χ1) is 7.99. The summed E-state index contributed by atoms with van der Waals surface area (Å²) in [7, 11) is 0. The lowest BCUT2D eigenvalue weighted by atomic mass is 10.0. The van der Waals surface area contributed by atoms with Crippen LogP contribution in [0.5, 0.6) is 0 Å². The first kappa shape index (κ1) is 14.2. The van der Waals surface area contributed by atoms with Crippen molar-refractivity contribution in [2.75, 3.05) is 26.3 Å². The van der Waals surface area contributed by atoms with E-state index in [-0.39, 0.29) is 25.1 Å². The first-order valence-electron chi connectivity index (χ1n) is 5.64. The van der Waals surface area contributed by atoms with Crippen LogP contribution in [0.3, 0.4) is 0 Å². The number of halogens is 3. The van der Waals surface area contributed by atoms with Crippen LogP contribution in [0.4, 0.5) is 13.2 Å². The SMILES string of the molecule is O=C(NCCOCC(F)(F)F)C1CCCCN1. The zero-order valence-electron chi connectivity index (χ0n) is 9.48. The Morgan fingerprint density at radius 2 is 2.18 bits per heavy atom. The highest BCUT2D eigenvalue weighted by Gasteiger charge is 2.27. The molecule has 1 saturated heterocycles. The monoisotopic (exact) mass is 254 g/mol. The lowest BCUT2D eigenvalue weighted by Crippen LogP contribution is -2.47. The van der Waals surface area contributed by atoms with Gasteiger partial charge in [0.05, 0.1) is 12.6 Å². The summed E-state index contributed by atoms with van der Waals surface area (Å²) in [6, 6.07) is -0.216. The van der Waals surface area contributed by atoms with Crippen LogP contribution in [0, 0.1) is 0 Å². The fraction of sp³-hybridized carbons (Fsp3) is 0.900. The van der Waals surface area contributed by atoms with Gasteiger partial charge in [-0.05, 0) is 19.4 Å². The Morgan fingerprint density at radius 3 is 2.76 bits per heavy atom. The Morgan fingerprint density at radius 1 is 1.41 bits per heavy atom. The predicted molar refractivity (Wildman–Crippen MR) is 55.5 cm³/mol. The van der Waals surface area contributed by atoms with Gasteiger partial charge >= 0.3 is 6.18 Å². The highest BCUT2D eigenvalue weighted by Crippen LogP contribution is 2.14. The van der Waals surface area contributed by atoms with Gasteiger partial charge in [0, 0.05) is 6.54 Å². The molecule has 0 aromatic rings. The van der Waals surface area contributed by atoms with E-state index in [9.17, 15) is 18.0 Å². The summed E-state index contributed by atoms with van der Waals surface area (Å²) < 4.78 is 39.5. The molecular weight excluding hydrogens is 237 g/mol. The van der Waals surface area contributed by atoms with Crippen molar-refractivity contribution in [3.8, 4) is 0 Å². The summed E-state index contributed by atoms with van der Waals surface area (Å²) >= 11 is 0. The zero-order chi connectivity index (χ0) is 12.7. The van der Waals surface area contributed by atoms with Gasteiger partial charge < -0.3 is 15.4 Å². The molecule has 17 heavy (non-hydrogen) atoms. The molecule has 1 fully saturated rings. The van der Waals surface area contributed by atoms with E-state index in [1.807, 2.05) is 0 Å². The molecule has 1 amide bonds. The molecule has 4 nitrogen and oxygen atoms in total. The number of amides is 1. The van der Waals surface area contributed by atoms with Gasteiger partial charge in [0.15, 0.2) is 0 Å². The Labute approximate surface area is 97.9 Å². The number of nitrogens with one attached hydrogen (secondary N) is 2. The third-order valence-corrected chi connectivity index (χ3v) is 2.44. The topological polar surface area (TPSA) is 50.4 Å². The lowest BCUT2D eigenvalue weighted by Gasteiger charge is -2.22. The number of alkyl halides is 3. The smallest absolute Gasteiger partial charge is 0.370 e. The van der Waals surface area contributed by atoms with Crippen molar-refractivity contribution in [2.24, 2.45) is 0 Å². The molecule has 0 radical (unpaired) electrons. The molecule has 0 spiro atoms. The number of hydrogen-bond acceptors (Lipinski definition) is 3. The molecule has 1 unspecified atom stereocenters. The summed E-state index contributed by atoms with van der Waals surface area (Å²) in [5.74, 6) is -0.166. The molecule has 1 atom stereocenters. The zero-order valence-corrected chi connectivity index (χ0v) is 9.48. The van der Waals surface area contributed by atoms with E-state index in [0.717, 1.165) is 25.8 Å². The number of rotatable bonds is 5. The van der Waals surface area contributed by atoms with Crippen molar-refractivity contribution in [3.63, 3.8) is 0 Å². The van der Waals surface area contributed by atoms with Crippen LogP contribution in [0.1, 0.15) is 19.3 Å². The number of piperidine rings is 1. The van der Waals surface area contributed by atoms with Crippen LogP contribution in [0.25, 0.3) is 0 Å². The van der Waals surface area contributed by atoms with E-state index in [0.29, 0.717) is 0 Å². The fourth-order valence-corrected chi connectivity index (χ4v) is 1.63. The number of ether oxygens (including phenoxy) is 1. The second-order valence-electron chi connectivity index (χ2n) is 3.96. The Kier molecular flexibility index (Phi) is 5.70. The highest BCUT2D eigenvalue weighted by atomic mass is 19.4. The molecule has 1 aliphatic rings. The van der Waals surface area contributed by atoms with Gasteiger partial charge in [0.25, 0.3) is 0 Å². The van der Waals surface area contributed by atoms with Crippen LogP contribution >= 0.6 is 0 Å². The molecule has 0 aromatic heterocycles. The first-order valence-corrected chi connectivity index (χ1v) is 5.64. The molecule has 0 bridgehead atoms. The van der Waals surface area contributed by atoms with Gasteiger partial charge in [-0.25, -0.2) is 0 Å². The molecule has 0 aromatic carbocycles. The van der Waals surface area contributed by atoms with Crippen molar-refractivity contribution in [1.29, 1.82) is 0 Å². The second kappa shape index (κ2) is 6.80. The van der Waals surface area contributed by atoms with Gasteiger partial charge in [0.2, 0.25) is 5.91 Å². The van der Waals surface area contributed by atoms with Crippen molar-refractivity contribution >= 4 is 5.91 Å². The van der Waals surface area contributed by atoms with Gasteiger partial charge in [-0.2, -0.15) is 13.2 Å². The predicted octanol–water partition coefficient (Wildman–Crippen LogP) is 0.824. The third kappa shape index (κ3) is 6.48. The molecule has 7 heteroatoms. The highest BCUT2D eigenvalue weighted by molar-refractivity contribution is 5.81. The van der Waals surface area contributed by atoms with Crippen LogP contribution in [0.15, 0.2) is 0 Å². The molecule has 0 aliphatic carbocycles. The largest absolute Gasteiger partial charge is 0.411 e. The molecule has 1 rings (SSSR count). The lowest BCUT2D eigenvalue weighted by molar-refractivity contribution is -0.173. The maximum atomic E-state index is 11.7. The summed E-state index contributed by atoms with van der Waals surface area (Å²) in [6.45, 7) is -0.488. The van der Waals surface area contributed by atoms with Crippen LogP contribution < -0.4 is 10.6 Å². The Hall–Kier alpha value is -0.820. The number of carbonyl (C=O) groups is 1. The van der Waals surface area contributed by atoms with Crippen molar-refractivity contribution in [3.05, 3.63) is 0 Å². The second-order valence-corrected chi connectivity index (χ2v) is 3.96. The number of hydrogen-bond donors (Lipinski definition) is 2. The van der Waals surface area contributed by atoms with Crippen molar-refractivity contribution < 1.29 is 22.7 Å². The van der Waals surface area contributed by atoms with Crippen LogP contribution in [-0.4, -0.2) is 44.4 Å². The van der Waals surface area contributed by atoms with Crippen molar-refractivity contribution in [1.82, 2.24) is 10.6 Å². The van der Waals surface area contributed by atoms with Crippen LogP contribution in [-0.2, 0) is 9.53 Å². The maximum absolute atomic E-state index is 11.7. The summed E-state index contributed by atoms with van der Waals surface area (Å²) in [6.07, 6.45) is -1.49. The van der Waals surface area contributed by atoms with Crippen LogP contribution in [0.2, 0.25) is 0 Å². The van der Waals surface area contributed by atoms with E-state index in [1.165, 1.54) is 0 Å². The van der Waals surface area contributed by atoms with E-state index in [1.54, 1.807) is 0 Å². The average molecular weight is 254 g/mol. The minimum atomic E-state index is -4.31. The Bertz CT molecular complexity index is 240. The van der Waals surface area contributed by atoms with Crippen molar-refractivity contribution in [2.45, 2.75) is 31.5 Å². The normalized spacial score (nSPS) is 21.2. The Balaban J connectivity index is 2.04. The molecule has 1 aliphatic heterocycles. The molecule has 100 valence electrons.